The second-order valence-electron chi connectivity index (χ2n) is 8.78. The highest BCUT2D eigenvalue weighted by Crippen LogP contribution is 2.41. The number of aryl methyl sites for hydroxylation is 1. The van der Waals surface area contributed by atoms with Gasteiger partial charge < -0.3 is 15.0 Å². The number of carbonyl (C=O) groups excluding carboxylic acids is 1. The van der Waals surface area contributed by atoms with Crippen molar-refractivity contribution in [2.75, 3.05) is 18.1 Å². The Kier molecular flexibility index (Phi) is 4.07. The van der Waals surface area contributed by atoms with Crippen LogP contribution in [-0.2, 0) is 6.42 Å². The molecule has 0 saturated carbocycles. The van der Waals surface area contributed by atoms with E-state index < -0.39 is 0 Å². The second-order valence-corrected chi connectivity index (χ2v) is 9.76. The van der Waals surface area contributed by atoms with E-state index in [1.807, 2.05) is 49.6 Å². The van der Waals surface area contributed by atoms with Crippen LogP contribution in [0.25, 0.3) is 16.9 Å². The zero-order valence-corrected chi connectivity index (χ0v) is 18.9. The van der Waals surface area contributed by atoms with Crippen LogP contribution < -0.4 is 15.0 Å². The van der Waals surface area contributed by atoms with E-state index in [0.717, 1.165) is 44.9 Å². The predicted octanol–water partition coefficient (Wildman–Crippen LogP) is 3.78. The van der Waals surface area contributed by atoms with Gasteiger partial charge in [0.15, 0.2) is 10.8 Å². The summed E-state index contributed by atoms with van der Waals surface area (Å²) in [6.45, 7) is 7.24. The Bertz CT molecular complexity index is 1390. The van der Waals surface area contributed by atoms with Crippen LogP contribution in [0, 0.1) is 6.92 Å². The number of aromatic nitrogens is 4. The van der Waals surface area contributed by atoms with Crippen molar-refractivity contribution in [3.05, 3.63) is 52.9 Å². The highest BCUT2D eigenvalue weighted by atomic mass is 32.1. The number of imidazole rings is 1. The van der Waals surface area contributed by atoms with Crippen molar-refractivity contribution in [1.29, 1.82) is 0 Å². The minimum Gasteiger partial charge on any atom is -0.490 e. The molecular formula is C23H22N6O2S. The quantitative estimate of drug-likeness (QED) is 0.504. The van der Waals surface area contributed by atoms with Gasteiger partial charge in [-0.25, -0.2) is 15.0 Å². The third-order valence-electron chi connectivity index (χ3n) is 5.83. The molecule has 9 heteroatoms. The number of ether oxygens (including phenoxy) is 1. The van der Waals surface area contributed by atoms with Crippen molar-refractivity contribution in [2.45, 2.75) is 32.7 Å². The molecule has 162 valence electrons. The lowest BCUT2D eigenvalue weighted by Crippen LogP contribution is -2.48. The minimum absolute atomic E-state index is 0.0474. The van der Waals surface area contributed by atoms with Crippen molar-refractivity contribution >= 4 is 39.2 Å². The molecule has 4 aromatic rings. The summed E-state index contributed by atoms with van der Waals surface area (Å²) < 4.78 is 7.98. The third-order valence-corrected chi connectivity index (χ3v) is 6.95. The molecule has 2 aliphatic rings. The van der Waals surface area contributed by atoms with Gasteiger partial charge in [0.2, 0.25) is 0 Å². The first-order valence-electron chi connectivity index (χ1n) is 10.6. The molecule has 8 nitrogen and oxygen atoms in total. The highest BCUT2D eigenvalue weighted by Gasteiger charge is 2.35. The van der Waals surface area contributed by atoms with Gasteiger partial charge in [0, 0.05) is 18.2 Å². The van der Waals surface area contributed by atoms with Gasteiger partial charge in [-0.3, -0.25) is 9.36 Å². The van der Waals surface area contributed by atoms with Gasteiger partial charge in [0.1, 0.15) is 28.6 Å². The first-order chi connectivity index (χ1) is 15.4. The maximum atomic E-state index is 12.6. The Morgan fingerprint density at radius 3 is 2.97 bits per heavy atom. The summed E-state index contributed by atoms with van der Waals surface area (Å²) in [6.07, 6.45) is 2.49. The number of carbonyl (C=O) groups is 1. The molecule has 0 aliphatic carbocycles. The summed E-state index contributed by atoms with van der Waals surface area (Å²) in [4.78, 5) is 29.5. The van der Waals surface area contributed by atoms with Crippen molar-refractivity contribution in [3.8, 4) is 11.4 Å². The fourth-order valence-corrected chi connectivity index (χ4v) is 5.48. The molecule has 0 unspecified atom stereocenters. The number of nitrogens with zero attached hydrogens (tertiary/aromatic N) is 5. The average Bonchev–Trinajstić information content (AvgIpc) is 3.32. The summed E-state index contributed by atoms with van der Waals surface area (Å²) in [7, 11) is 0. The molecule has 0 bridgehead atoms. The van der Waals surface area contributed by atoms with Crippen molar-refractivity contribution in [2.24, 2.45) is 0 Å². The molecule has 1 amide bonds. The molecule has 0 saturated heterocycles. The number of nitrogens with one attached hydrogen (secondary N) is 1. The number of thiazole rings is 1. The van der Waals surface area contributed by atoms with E-state index >= 15 is 0 Å². The zero-order chi connectivity index (χ0) is 22.0. The van der Waals surface area contributed by atoms with Gasteiger partial charge in [-0.2, -0.15) is 0 Å². The van der Waals surface area contributed by atoms with Gasteiger partial charge in [-0.05, 0) is 51.1 Å². The molecule has 5 heterocycles. The number of pyridine rings is 1. The number of amides is 1. The van der Waals surface area contributed by atoms with E-state index in [1.165, 1.54) is 11.3 Å². The van der Waals surface area contributed by atoms with Crippen LogP contribution in [0.3, 0.4) is 0 Å². The number of benzene rings is 1. The number of rotatable bonds is 2. The predicted molar refractivity (Wildman–Crippen MR) is 123 cm³/mol. The standard InChI is InChI=1S/C23H22N6O2S/c1-13-25-15-5-4-8-24-20(15)29(13)14-6-7-18-17(11-14)28(9-10-31-18)22-26-16-12-23(2,3)27-21(30)19(16)32-22/h4-8,11H,9-10,12H2,1-3H3,(H,27,30). The molecule has 32 heavy (non-hydrogen) atoms. The molecule has 0 atom stereocenters. The van der Waals surface area contributed by atoms with Crippen LogP contribution in [0.4, 0.5) is 10.8 Å². The lowest BCUT2D eigenvalue weighted by atomic mass is 9.94. The van der Waals surface area contributed by atoms with Gasteiger partial charge >= 0.3 is 0 Å². The summed E-state index contributed by atoms with van der Waals surface area (Å²) in [5, 5.41) is 3.88. The van der Waals surface area contributed by atoms with Crippen molar-refractivity contribution in [3.63, 3.8) is 0 Å². The number of hydrogen-bond acceptors (Lipinski definition) is 7. The lowest BCUT2D eigenvalue weighted by molar-refractivity contribution is 0.0901. The Hall–Kier alpha value is -3.46. The molecule has 0 radical (unpaired) electrons. The molecule has 1 N–H and O–H groups in total. The maximum absolute atomic E-state index is 12.6. The van der Waals surface area contributed by atoms with Crippen LogP contribution >= 0.6 is 11.3 Å². The number of hydrogen-bond donors (Lipinski definition) is 1. The molecule has 3 aromatic heterocycles. The normalized spacial score (nSPS) is 17.0. The topological polar surface area (TPSA) is 85.2 Å². The zero-order valence-electron chi connectivity index (χ0n) is 18.0. The molecule has 0 fully saturated rings. The Labute approximate surface area is 188 Å². The molecular weight excluding hydrogens is 424 g/mol. The van der Waals surface area contributed by atoms with Gasteiger partial charge in [-0.15, -0.1) is 0 Å². The summed E-state index contributed by atoms with van der Waals surface area (Å²) in [6, 6.07) is 9.94. The van der Waals surface area contributed by atoms with E-state index in [4.69, 9.17) is 9.72 Å². The van der Waals surface area contributed by atoms with Crippen molar-refractivity contribution in [1.82, 2.24) is 24.8 Å². The van der Waals surface area contributed by atoms with E-state index in [-0.39, 0.29) is 11.4 Å². The molecule has 6 rings (SSSR count). The molecule has 1 aromatic carbocycles. The first-order valence-corrected chi connectivity index (χ1v) is 11.4. The maximum Gasteiger partial charge on any atom is 0.263 e. The van der Waals surface area contributed by atoms with Crippen LogP contribution in [0.5, 0.6) is 5.75 Å². The summed E-state index contributed by atoms with van der Waals surface area (Å²) in [5.74, 6) is 1.62. The number of fused-ring (bicyclic) bond motifs is 3. The Balaban J connectivity index is 1.46. The van der Waals surface area contributed by atoms with E-state index in [0.29, 0.717) is 24.4 Å². The Morgan fingerprint density at radius 1 is 1.22 bits per heavy atom. The fraction of sp³-hybridized carbons (Fsp3) is 0.304. The second kappa shape index (κ2) is 6.77. The largest absolute Gasteiger partial charge is 0.490 e. The van der Waals surface area contributed by atoms with Crippen LogP contribution in [0.15, 0.2) is 36.5 Å². The number of anilines is 2. The van der Waals surface area contributed by atoms with Gasteiger partial charge in [0.25, 0.3) is 5.91 Å². The third kappa shape index (κ3) is 2.96. The summed E-state index contributed by atoms with van der Waals surface area (Å²) >= 11 is 1.44. The minimum atomic E-state index is -0.293. The van der Waals surface area contributed by atoms with E-state index in [9.17, 15) is 4.79 Å². The lowest BCUT2D eigenvalue weighted by Gasteiger charge is -2.30. The summed E-state index contributed by atoms with van der Waals surface area (Å²) in [5.41, 5.74) is 4.13. The van der Waals surface area contributed by atoms with Gasteiger partial charge in [0.05, 0.1) is 23.6 Å². The van der Waals surface area contributed by atoms with Gasteiger partial charge in [-0.1, -0.05) is 11.3 Å². The van der Waals surface area contributed by atoms with E-state index in [2.05, 4.69) is 26.3 Å². The first kappa shape index (κ1) is 19.2. The fourth-order valence-electron chi connectivity index (χ4n) is 4.46. The highest BCUT2D eigenvalue weighted by molar-refractivity contribution is 7.17. The monoisotopic (exact) mass is 446 g/mol. The van der Waals surface area contributed by atoms with Crippen LogP contribution in [0.2, 0.25) is 0 Å². The van der Waals surface area contributed by atoms with Crippen molar-refractivity contribution < 1.29 is 9.53 Å². The van der Waals surface area contributed by atoms with Crippen LogP contribution in [0.1, 0.15) is 35.0 Å². The Morgan fingerprint density at radius 2 is 2.09 bits per heavy atom. The smallest absolute Gasteiger partial charge is 0.263 e. The SMILES string of the molecule is Cc1nc2cccnc2n1-c1ccc2c(c1)N(c1nc3c(s1)C(=O)NC(C)(C)C3)CCO2. The average molecular weight is 447 g/mol. The van der Waals surface area contributed by atoms with E-state index in [1.54, 1.807) is 6.20 Å². The molecule has 2 aliphatic heterocycles. The molecule has 0 spiro atoms. The van der Waals surface area contributed by atoms with Crippen LogP contribution in [-0.4, -0.2) is 44.1 Å².